The minimum atomic E-state index is 0.167. The van der Waals surface area contributed by atoms with Crippen molar-refractivity contribution in [2.45, 2.75) is 32.4 Å². The molecule has 1 unspecified atom stereocenters. The second kappa shape index (κ2) is 7.13. The van der Waals surface area contributed by atoms with Gasteiger partial charge in [-0.15, -0.1) is 11.8 Å². The number of aliphatic hydroxyl groups is 1. The molecule has 2 heterocycles. The number of carbonyl (C=O) groups excluding carboxylic acids is 1. The lowest BCUT2D eigenvalue weighted by atomic mass is 9.99. The molecule has 1 aliphatic rings. The number of rotatable bonds is 5. The number of nitrogens with zero attached hydrogens (tertiary/aromatic N) is 2. The van der Waals surface area contributed by atoms with Crippen LogP contribution in [-0.4, -0.2) is 46.5 Å². The average Bonchev–Trinajstić information content (AvgIpc) is 2.79. The van der Waals surface area contributed by atoms with Gasteiger partial charge in [0.05, 0.1) is 11.4 Å². The fourth-order valence-corrected chi connectivity index (χ4v) is 3.56. The Labute approximate surface area is 123 Å². The third-order valence-corrected chi connectivity index (χ3v) is 4.73. The zero-order valence-electron chi connectivity index (χ0n) is 12.1. The number of amides is 1. The van der Waals surface area contributed by atoms with Crippen molar-refractivity contribution >= 4 is 17.7 Å². The summed E-state index contributed by atoms with van der Waals surface area (Å²) in [5, 5.41) is 13.1. The molecule has 0 aliphatic carbocycles. The van der Waals surface area contributed by atoms with Crippen LogP contribution in [0.15, 0.2) is 4.52 Å². The van der Waals surface area contributed by atoms with Gasteiger partial charge in [0.25, 0.3) is 0 Å². The Morgan fingerprint density at radius 2 is 2.35 bits per heavy atom. The van der Waals surface area contributed by atoms with Crippen molar-refractivity contribution < 1.29 is 14.4 Å². The molecule has 112 valence electrons. The Hall–Kier alpha value is -1.01. The van der Waals surface area contributed by atoms with E-state index in [-0.39, 0.29) is 18.4 Å². The summed E-state index contributed by atoms with van der Waals surface area (Å²) in [5.41, 5.74) is 2.00. The number of hydrogen-bond donors (Lipinski definition) is 1. The number of piperidine rings is 1. The predicted molar refractivity (Wildman–Crippen MR) is 78.5 cm³/mol. The minimum Gasteiger partial charge on any atom is -0.396 e. The molecular formula is C14H22N2O3S. The van der Waals surface area contributed by atoms with Crippen LogP contribution in [0.1, 0.15) is 29.9 Å². The van der Waals surface area contributed by atoms with E-state index in [2.05, 4.69) is 5.16 Å². The van der Waals surface area contributed by atoms with Gasteiger partial charge in [0.15, 0.2) is 0 Å². The van der Waals surface area contributed by atoms with Crippen molar-refractivity contribution in [2.24, 2.45) is 5.92 Å². The lowest BCUT2D eigenvalue weighted by molar-refractivity contribution is -0.130. The van der Waals surface area contributed by atoms with E-state index >= 15 is 0 Å². The van der Waals surface area contributed by atoms with Crippen LogP contribution in [0.5, 0.6) is 0 Å². The van der Waals surface area contributed by atoms with Crippen molar-refractivity contribution in [3.05, 3.63) is 17.0 Å². The van der Waals surface area contributed by atoms with Crippen LogP contribution in [-0.2, 0) is 10.5 Å². The van der Waals surface area contributed by atoms with E-state index in [0.717, 1.165) is 42.2 Å². The number of likely N-dealkylation sites (tertiary alicyclic amines) is 1. The molecule has 1 amide bonds. The first-order chi connectivity index (χ1) is 9.61. The Bertz CT molecular complexity index is 442. The van der Waals surface area contributed by atoms with Gasteiger partial charge in [-0.1, -0.05) is 5.16 Å². The smallest absolute Gasteiger partial charge is 0.232 e. The largest absolute Gasteiger partial charge is 0.396 e. The van der Waals surface area contributed by atoms with Crippen LogP contribution < -0.4 is 0 Å². The highest BCUT2D eigenvalue weighted by Crippen LogP contribution is 2.21. The zero-order valence-corrected chi connectivity index (χ0v) is 12.9. The van der Waals surface area contributed by atoms with E-state index in [0.29, 0.717) is 12.3 Å². The van der Waals surface area contributed by atoms with Crippen LogP contribution in [0.4, 0.5) is 0 Å². The molecule has 0 radical (unpaired) electrons. The SMILES string of the molecule is Cc1noc(C)c1CSCC(=O)N1CCCC(CO)C1. The first-order valence-corrected chi connectivity index (χ1v) is 8.15. The normalized spacial score (nSPS) is 19.4. The van der Waals surface area contributed by atoms with E-state index < -0.39 is 0 Å². The van der Waals surface area contributed by atoms with Gasteiger partial charge in [-0.25, -0.2) is 0 Å². The molecule has 0 spiro atoms. The zero-order chi connectivity index (χ0) is 14.5. The number of aryl methyl sites for hydroxylation is 2. The molecule has 1 aromatic rings. The average molecular weight is 298 g/mol. The number of aliphatic hydroxyl groups excluding tert-OH is 1. The quantitative estimate of drug-likeness (QED) is 0.897. The molecule has 1 aromatic heterocycles. The van der Waals surface area contributed by atoms with Gasteiger partial charge in [0.2, 0.25) is 5.91 Å². The highest BCUT2D eigenvalue weighted by atomic mass is 32.2. The van der Waals surface area contributed by atoms with Crippen molar-refractivity contribution in [1.82, 2.24) is 10.1 Å². The summed E-state index contributed by atoms with van der Waals surface area (Å²) in [6.45, 7) is 5.51. The van der Waals surface area contributed by atoms with Crippen molar-refractivity contribution in [1.29, 1.82) is 0 Å². The number of hydrogen-bond acceptors (Lipinski definition) is 5. The summed E-state index contributed by atoms with van der Waals surface area (Å²) in [4.78, 5) is 14.0. The molecule has 1 N–H and O–H groups in total. The molecular weight excluding hydrogens is 276 g/mol. The van der Waals surface area contributed by atoms with E-state index in [1.165, 1.54) is 0 Å². The van der Waals surface area contributed by atoms with E-state index in [1.807, 2.05) is 18.7 Å². The fourth-order valence-electron chi connectivity index (χ4n) is 2.48. The molecule has 6 heteroatoms. The molecule has 5 nitrogen and oxygen atoms in total. The molecule has 1 atom stereocenters. The van der Waals surface area contributed by atoms with Crippen LogP contribution in [0.3, 0.4) is 0 Å². The second-order valence-corrected chi connectivity index (χ2v) is 6.31. The molecule has 20 heavy (non-hydrogen) atoms. The summed E-state index contributed by atoms with van der Waals surface area (Å²) in [6.07, 6.45) is 2.01. The summed E-state index contributed by atoms with van der Waals surface area (Å²) in [7, 11) is 0. The summed E-state index contributed by atoms with van der Waals surface area (Å²) in [5.74, 6) is 2.48. The van der Waals surface area contributed by atoms with Crippen molar-refractivity contribution in [3.63, 3.8) is 0 Å². The van der Waals surface area contributed by atoms with Gasteiger partial charge in [-0.05, 0) is 32.6 Å². The van der Waals surface area contributed by atoms with Gasteiger partial charge in [-0.2, -0.15) is 0 Å². The first-order valence-electron chi connectivity index (χ1n) is 7.00. The van der Waals surface area contributed by atoms with Crippen LogP contribution >= 0.6 is 11.8 Å². The Kier molecular flexibility index (Phi) is 5.48. The number of aromatic nitrogens is 1. The van der Waals surface area contributed by atoms with Gasteiger partial charge in [0, 0.05) is 31.0 Å². The van der Waals surface area contributed by atoms with Crippen LogP contribution in [0, 0.1) is 19.8 Å². The van der Waals surface area contributed by atoms with E-state index in [4.69, 9.17) is 4.52 Å². The standard InChI is InChI=1S/C14H22N2O3S/c1-10-13(11(2)19-15-10)8-20-9-14(18)16-5-3-4-12(6-16)7-17/h12,17H,3-9H2,1-2H3. The third-order valence-electron chi connectivity index (χ3n) is 3.78. The Morgan fingerprint density at radius 3 is 3.00 bits per heavy atom. The highest BCUT2D eigenvalue weighted by Gasteiger charge is 2.23. The molecule has 0 bridgehead atoms. The maximum atomic E-state index is 12.1. The lowest BCUT2D eigenvalue weighted by Gasteiger charge is -2.31. The Morgan fingerprint density at radius 1 is 1.55 bits per heavy atom. The summed E-state index contributed by atoms with van der Waals surface area (Å²) in [6, 6.07) is 0. The molecule has 2 rings (SSSR count). The van der Waals surface area contributed by atoms with Gasteiger partial charge in [-0.3, -0.25) is 4.79 Å². The molecule has 1 aliphatic heterocycles. The molecule has 1 saturated heterocycles. The fraction of sp³-hybridized carbons (Fsp3) is 0.714. The molecule has 0 saturated carbocycles. The Balaban J connectivity index is 1.78. The monoisotopic (exact) mass is 298 g/mol. The third kappa shape index (κ3) is 3.76. The van der Waals surface area contributed by atoms with Gasteiger partial charge in [0.1, 0.15) is 5.76 Å². The van der Waals surface area contributed by atoms with Gasteiger partial charge >= 0.3 is 0 Å². The van der Waals surface area contributed by atoms with Crippen molar-refractivity contribution in [3.8, 4) is 0 Å². The lowest BCUT2D eigenvalue weighted by Crippen LogP contribution is -2.41. The number of carbonyl (C=O) groups is 1. The maximum Gasteiger partial charge on any atom is 0.232 e. The minimum absolute atomic E-state index is 0.167. The van der Waals surface area contributed by atoms with Gasteiger partial charge < -0.3 is 14.5 Å². The second-order valence-electron chi connectivity index (χ2n) is 5.33. The van der Waals surface area contributed by atoms with E-state index in [9.17, 15) is 9.90 Å². The summed E-state index contributed by atoms with van der Waals surface area (Å²) < 4.78 is 5.11. The highest BCUT2D eigenvalue weighted by molar-refractivity contribution is 7.99. The number of thioether (sulfide) groups is 1. The predicted octanol–water partition coefficient (Wildman–Crippen LogP) is 1.76. The topological polar surface area (TPSA) is 66.6 Å². The molecule has 1 fully saturated rings. The van der Waals surface area contributed by atoms with Crippen LogP contribution in [0.25, 0.3) is 0 Å². The van der Waals surface area contributed by atoms with Crippen molar-refractivity contribution in [2.75, 3.05) is 25.4 Å². The maximum absolute atomic E-state index is 12.1. The first kappa shape index (κ1) is 15.4. The van der Waals surface area contributed by atoms with Crippen LogP contribution in [0.2, 0.25) is 0 Å². The summed E-state index contributed by atoms with van der Waals surface area (Å²) >= 11 is 1.60. The van der Waals surface area contributed by atoms with E-state index in [1.54, 1.807) is 11.8 Å². The molecule has 0 aromatic carbocycles.